The normalized spacial score (nSPS) is 11.7. The molecule has 1 N–H and O–H groups in total. The van der Waals surface area contributed by atoms with Crippen LogP contribution in [0.25, 0.3) is 22.7 Å². The number of aromatic amines is 1. The molecule has 140 valence electrons. The molecule has 4 aromatic heterocycles. The number of thiazole rings is 1. The molecule has 0 saturated heterocycles. The van der Waals surface area contributed by atoms with E-state index in [9.17, 15) is 5.26 Å². The first-order chi connectivity index (χ1) is 13.6. The Labute approximate surface area is 166 Å². The monoisotopic (exact) mass is 390 g/mol. The van der Waals surface area contributed by atoms with E-state index in [2.05, 4.69) is 50.5 Å². The van der Waals surface area contributed by atoms with Crippen molar-refractivity contribution in [1.29, 1.82) is 5.26 Å². The van der Waals surface area contributed by atoms with Gasteiger partial charge in [0, 0.05) is 29.0 Å². The molecule has 0 amide bonds. The zero-order valence-electron chi connectivity index (χ0n) is 15.7. The zero-order valence-corrected chi connectivity index (χ0v) is 16.5. The number of fused-ring (bicyclic) bond motifs is 1. The maximum atomic E-state index is 9.71. The molecule has 0 aliphatic rings. The standard InChI is InChI=1S/C20H18N6OS/c1-12-6-14(13(2)26(12)11-19-22-4-5-28-19)7-15(9-21)20-24-16-8-18(27-3)23-10-17(16)25-20/h4-8,10H,11H2,1-3H3,(H,24,25)/b15-7+. The van der Waals surface area contributed by atoms with Crippen molar-refractivity contribution < 1.29 is 4.74 Å². The number of methoxy groups -OCH3 is 1. The number of ether oxygens (including phenoxy) is 1. The number of nitrogens with one attached hydrogen (secondary N) is 1. The fourth-order valence-corrected chi connectivity index (χ4v) is 3.73. The lowest BCUT2D eigenvalue weighted by Crippen LogP contribution is -2.03. The molecule has 7 nitrogen and oxygen atoms in total. The number of hydrogen-bond acceptors (Lipinski definition) is 6. The van der Waals surface area contributed by atoms with Crippen LogP contribution in [-0.4, -0.2) is 31.6 Å². The Morgan fingerprint density at radius 1 is 1.36 bits per heavy atom. The van der Waals surface area contributed by atoms with Gasteiger partial charge in [0.25, 0.3) is 0 Å². The molecule has 28 heavy (non-hydrogen) atoms. The number of nitrogens with zero attached hydrogens (tertiary/aromatic N) is 5. The lowest BCUT2D eigenvalue weighted by molar-refractivity contribution is 0.398. The van der Waals surface area contributed by atoms with Gasteiger partial charge in [0.15, 0.2) is 0 Å². The van der Waals surface area contributed by atoms with Gasteiger partial charge < -0.3 is 14.3 Å². The molecule has 4 rings (SSSR count). The van der Waals surface area contributed by atoms with Crippen molar-refractivity contribution in [2.75, 3.05) is 7.11 Å². The molecule has 0 radical (unpaired) electrons. The maximum absolute atomic E-state index is 9.71. The van der Waals surface area contributed by atoms with Gasteiger partial charge in [-0.3, -0.25) is 0 Å². The Hall–Kier alpha value is -3.44. The summed E-state index contributed by atoms with van der Waals surface area (Å²) in [6, 6.07) is 6.07. The van der Waals surface area contributed by atoms with Crippen molar-refractivity contribution in [3.05, 3.63) is 57.7 Å². The number of H-pyrrole nitrogens is 1. The fourth-order valence-electron chi connectivity index (χ4n) is 3.12. The van der Waals surface area contributed by atoms with E-state index >= 15 is 0 Å². The summed E-state index contributed by atoms with van der Waals surface area (Å²) in [5.41, 5.74) is 5.12. The van der Waals surface area contributed by atoms with Crippen molar-refractivity contribution >= 4 is 34.0 Å². The van der Waals surface area contributed by atoms with Crippen LogP contribution in [0, 0.1) is 25.2 Å². The summed E-state index contributed by atoms with van der Waals surface area (Å²) < 4.78 is 7.34. The Morgan fingerprint density at radius 3 is 2.93 bits per heavy atom. The van der Waals surface area contributed by atoms with E-state index in [1.807, 2.05) is 17.7 Å². The van der Waals surface area contributed by atoms with Crippen molar-refractivity contribution in [3.63, 3.8) is 0 Å². The molecule has 8 heteroatoms. The average molecular weight is 390 g/mol. The van der Waals surface area contributed by atoms with Crippen LogP contribution in [0.2, 0.25) is 0 Å². The molecule has 0 bridgehead atoms. The van der Waals surface area contributed by atoms with Gasteiger partial charge in [-0.1, -0.05) is 0 Å². The van der Waals surface area contributed by atoms with Crippen LogP contribution in [0.1, 0.15) is 27.8 Å². The first-order valence-corrected chi connectivity index (χ1v) is 9.54. The number of aromatic nitrogens is 5. The van der Waals surface area contributed by atoms with Crippen LogP contribution in [0.5, 0.6) is 5.88 Å². The highest BCUT2D eigenvalue weighted by molar-refractivity contribution is 7.09. The maximum Gasteiger partial charge on any atom is 0.215 e. The molecule has 4 aromatic rings. The van der Waals surface area contributed by atoms with Crippen LogP contribution < -0.4 is 4.74 Å². The summed E-state index contributed by atoms with van der Waals surface area (Å²) >= 11 is 1.63. The molecule has 0 aromatic carbocycles. The first-order valence-electron chi connectivity index (χ1n) is 8.66. The summed E-state index contributed by atoms with van der Waals surface area (Å²) in [4.78, 5) is 16.2. The number of allylic oxidation sites excluding steroid dienone is 1. The molecule has 0 atom stereocenters. The number of pyridine rings is 1. The lowest BCUT2D eigenvalue weighted by atomic mass is 10.1. The second-order valence-corrected chi connectivity index (χ2v) is 7.32. The average Bonchev–Trinajstić information content (AvgIpc) is 3.41. The molecule has 0 unspecified atom stereocenters. The van der Waals surface area contributed by atoms with E-state index in [1.165, 1.54) is 0 Å². The van der Waals surface area contributed by atoms with Crippen molar-refractivity contribution in [2.24, 2.45) is 0 Å². The second kappa shape index (κ2) is 7.29. The summed E-state index contributed by atoms with van der Waals surface area (Å²) in [5.74, 6) is 0.996. The molecular weight excluding hydrogens is 372 g/mol. The minimum atomic E-state index is 0.463. The molecule has 0 aliphatic carbocycles. The van der Waals surface area contributed by atoms with Gasteiger partial charge in [-0.25, -0.2) is 15.0 Å². The van der Waals surface area contributed by atoms with Gasteiger partial charge in [0.2, 0.25) is 5.88 Å². The lowest BCUT2D eigenvalue weighted by Gasteiger charge is -2.07. The summed E-state index contributed by atoms with van der Waals surface area (Å²) in [5, 5.41) is 12.7. The van der Waals surface area contributed by atoms with Crippen LogP contribution in [-0.2, 0) is 6.54 Å². The smallest absolute Gasteiger partial charge is 0.215 e. The number of imidazole rings is 1. The van der Waals surface area contributed by atoms with Crippen molar-refractivity contribution in [1.82, 2.24) is 24.5 Å². The molecule has 0 aliphatic heterocycles. The van der Waals surface area contributed by atoms with Gasteiger partial charge in [-0.2, -0.15) is 5.26 Å². The van der Waals surface area contributed by atoms with Gasteiger partial charge in [0.1, 0.15) is 16.9 Å². The molecular formula is C20H18N6OS. The van der Waals surface area contributed by atoms with Gasteiger partial charge in [0.05, 0.1) is 36.5 Å². The summed E-state index contributed by atoms with van der Waals surface area (Å²) in [7, 11) is 1.56. The predicted octanol–water partition coefficient (Wildman–Crippen LogP) is 3.95. The first kappa shape index (κ1) is 17.9. The van der Waals surface area contributed by atoms with Crippen LogP contribution in [0.4, 0.5) is 0 Å². The highest BCUT2D eigenvalue weighted by atomic mass is 32.1. The van der Waals surface area contributed by atoms with E-state index in [1.54, 1.807) is 30.7 Å². The van der Waals surface area contributed by atoms with E-state index in [4.69, 9.17) is 4.74 Å². The zero-order chi connectivity index (χ0) is 19.7. The predicted molar refractivity (Wildman–Crippen MR) is 109 cm³/mol. The third kappa shape index (κ3) is 3.28. The van der Waals surface area contributed by atoms with E-state index in [0.29, 0.717) is 22.8 Å². The summed E-state index contributed by atoms with van der Waals surface area (Å²) in [6.07, 6.45) is 5.33. The SMILES string of the molecule is COc1cc2nc(/C(C#N)=C/c3cc(C)n(Cc4nccs4)c3C)[nH]c2cn1. The second-order valence-electron chi connectivity index (χ2n) is 6.34. The van der Waals surface area contributed by atoms with E-state index in [0.717, 1.165) is 34.0 Å². The Morgan fingerprint density at radius 2 is 2.21 bits per heavy atom. The van der Waals surface area contributed by atoms with Crippen molar-refractivity contribution in [2.45, 2.75) is 20.4 Å². The van der Waals surface area contributed by atoms with Gasteiger partial charge in [-0.05, 0) is 31.6 Å². The molecule has 0 saturated carbocycles. The third-order valence-corrected chi connectivity index (χ3v) is 5.38. The minimum absolute atomic E-state index is 0.463. The molecule has 0 spiro atoms. The highest BCUT2D eigenvalue weighted by Gasteiger charge is 2.13. The Kier molecular flexibility index (Phi) is 4.67. The Bertz CT molecular complexity index is 1210. The van der Waals surface area contributed by atoms with E-state index < -0.39 is 0 Å². The van der Waals surface area contributed by atoms with E-state index in [-0.39, 0.29) is 0 Å². The third-order valence-electron chi connectivity index (χ3n) is 4.62. The quantitative estimate of drug-likeness (QED) is 0.521. The van der Waals surface area contributed by atoms with Crippen LogP contribution in [0.15, 0.2) is 29.9 Å². The van der Waals surface area contributed by atoms with Gasteiger partial charge >= 0.3 is 0 Å². The Balaban J connectivity index is 1.72. The molecule has 0 fully saturated rings. The minimum Gasteiger partial charge on any atom is -0.481 e. The van der Waals surface area contributed by atoms with Crippen LogP contribution >= 0.6 is 11.3 Å². The van der Waals surface area contributed by atoms with Gasteiger partial charge in [-0.15, -0.1) is 11.3 Å². The topological polar surface area (TPSA) is 92.4 Å². The number of hydrogen-bond donors (Lipinski definition) is 1. The fraction of sp³-hybridized carbons (Fsp3) is 0.200. The number of nitriles is 1. The molecule has 4 heterocycles. The largest absolute Gasteiger partial charge is 0.481 e. The van der Waals surface area contributed by atoms with Crippen LogP contribution in [0.3, 0.4) is 0 Å². The number of rotatable bonds is 5. The van der Waals surface area contributed by atoms with Crippen molar-refractivity contribution in [3.8, 4) is 11.9 Å². The summed E-state index contributed by atoms with van der Waals surface area (Å²) in [6.45, 7) is 4.83. The number of aryl methyl sites for hydroxylation is 1. The highest BCUT2D eigenvalue weighted by Crippen LogP contribution is 2.24.